The van der Waals surface area contributed by atoms with Crippen LogP contribution in [-0.2, 0) is 0 Å². The average molecular weight is 339 g/mol. The summed E-state index contributed by atoms with van der Waals surface area (Å²) in [6.07, 6.45) is 4.35. The van der Waals surface area contributed by atoms with Crippen LogP contribution >= 0.6 is 0 Å². The second-order valence-corrected chi connectivity index (χ2v) is 6.40. The number of nitrogens with zero attached hydrogens (tertiary/aromatic N) is 4. The van der Waals surface area contributed by atoms with Crippen LogP contribution in [0.25, 0.3) is 11.4 Å². The largest absolute Gasteiger partial charge is 0.352 e. The van der Waals surface area contributed by atoms with E-state index in [-0.39, 0.29) is 5.91 Å². The van der Waals surface area contributed by atoms with Crippen molar-refractivity contribution in [3.05, 3.63) is 48.3 Å². The number of likely N-dealkylation sites (N-methyl/N-ethyl adjacent to an activating group) is 1. The first-order valence-corrected chi connectivity index (χ1v) is 8.79. The molecule has 0 aromatic carbocycles. The van der Waals surface area contributed by atoms with E-state index < -0.39 is 0 Å². The zero-order valence-corrected chi connectivity index (χ0v) is 14.7. The van der Waals surface area contributed by atoms with Gasteiger partial charge in [-0.1, -0.05) is 6.07 Å². The zero-order chi connectivity index (χ0) is 17.5. The highest BCUT2D eigenvalue weighted by Gasteiger charge is 2.13. The molecule has 3 rings (SSSR count). The van der Waals surface area contributed by atoms with Gasteiger partial charge in [0, 0.05) is 50.7 Å². The van der Waals surface area contributed by atoms with Crippen LogP contribution < -0.4 is 5.32 Å². The monoisotopic (exact) mass is 339 g/mol. The molecule has 0 unspecified atom stereocenters. The van der Waals surface area contributed by atoms with Crippen LogP contribution in [0.5, 0.6) is 0 Å². The summed E-state index contributed by atoms with van der Waals surface area (Å²) in [6, 6.07) is 9.19. The summed E-state index contributed by atoms with van der Waals surface area (Å²) >= 11 is 0. The molecule has 1 N–H and O–H groups in total. The van der Waals surface area contributed by atoms with Crippen molar-refractivity contribution in [2.45, 2.75) is 6.42 Å². The molecule has 1 fully saturated rings. The Morgan fingerprint density at radius 3 is 2.64 bits per heavy atom. The fraction of sp³-hybridized carbons (Fsp3) is 0.421. The van der Waals surface area contributed by atoms with E-state index in [0.717, 1.165) is 44.8 Å². The fourth-order valence-corrected chi connectivity index (χ4v) is 2.90. The molecule has 0 aliphatic carbocycles. The highest BCUT2D eigenvalue weighted by atomic mass is 16.1. The van der Waals surface area contributed by atoms with Gasteiger partial charge in [0.15, 0.2) is 0 Å². The summed E-state index contributed by atoms with van der Waals surface area (Å²) < 4.78 is 0. The summed E-state index contributed by atoms with van der Waals surface area (Å²) in [7, 11) is 2.16. The SMILES string of the molecule is CN1CCN(CCCNC(=O)c2ccnc(-c3ccccn3)c2)CC1. The van der Waals surface area contributed by atoms with Crippen molar-refractivity contribution in [2.75, 3.05) is 46.3 Å². The molecule has 0 saturated carbocycles. The van der Waals surface area contributed by atoms with Gasteiger partial charge in [0.2, 0.25) is 0 Å². The lowest BCUT2D eigenvalue weighted by Gasteiger charge is -2.32. The third-order valence-corrected chi connectivity index (χ3v) is 4.48. The highest BCUT2D eigenvalue weighted by molar-refractivity contribution is 5.94. The van der Waals surface area contributed by atoms with Gasteiger partial charge in [-0.25, -0.2) is 0 Å². The summed E-state index contributed by atoms with van der Waals surface area (Å²) in [5.74, 6) is -0.0574. The summed E-state index contributed by atoms with van der Waals surface area (Å²) in [5.41, 5.74) is 2.10. The molecular weight excluding hydrogens is 314 g/mol. The number of carbonyl (C=O) groups excluding carboxylic acids is 1. The maximum Gasteiger partial charge on any atom is 0.251 e. The Morgan fingerprint density at radius 1 is 1.08 bits per heavy atom. The molecule has 0 spiro atoms. The Balaban J connectivity index is 1.47. The summed E-state index contributed by atoms with van der Waals surface area (Å²) in [6.45, 7) is 6.19. The van der Waals surface area contributed by atoms with Gasteiger partial charge in [0.1, 0.15) is 0 Å². The van der Waals surface area contributed by atoms with E-state index in [9.17, 15) is 4.79 Å². The molecule has 3 heterocycles. The quantitative estimate of drug-likeness (QED) is 0.809. The van der Waals surface area contributed by atoms with E-state index in [1.54, 1.807) is 24.5 Å². The third kappa shape index (κ3) is 5.08. The average Bonchev–Trinajstić information content (AvgIpc) is 2.67. The topological polar surface area (TPSA) is 61.4 Å². The number of rotatable bonds is 6. The summed E-state index contributed by atoms with van der Waals surface area (Å²) in [4.78, 5) is 25.7. The van der Waals surface area contributed by atoms with Crippen molar-refractivity contribution >= 4 is 5.91 Å². The first-order chi connectivity index (χ1) is 12.2. The molecule has 2 aromatic heterocycles. The first kappa shape index (κ1) is 17.5. The minimum Gasteiger partial charge on any atom is -0.352 e. The number of aromatic nitrogens is 2. The highest BCUT2D eigenvalue weighted by Crippen LogP contribution is 2.14. The molecule has 0 atom stereocenters. The second-order valence-electron chi connectivity index (χ2n) is 6.40. The smallest absolute Gasteiger partial charge is 0.251 e. The lowest BCUT2D eigenvalue weighted by molar-refractivity contribution is 0.0949. The molecule has 132 valence electrons. The van der Waals surface area contributed by atoms with Crippen molar-refractivity contribution in [1.29, 1.82) is 0 Å². The van der Waals surface area contributed by atoms with Gasteiger partial charge >= 0.3 is 0 Å². The molecule has 1 amide bonds. The minimum atomic E-state index is -0.0574. The Bertz CT molecular complexity index is 683. The zero-order valence-electron chi connectivity index (χ0n) is 14.7. The molecule has 0 bridgehead atoms. The van der Waals surface area contributed by atoms with Crippen LogP contribution in [0.3, 0.4) is 0 Å². The lowest BCUT2D eigenvalue weighted by atomic mass is 10.1. The molecule has 2 aromatic rings. The van der Waals surface area contributed by atoms with Crippen LogP contribution in [0.2, 0.25) is 0 Å². The van der Waals surface area contributed by atoms with Crippen molar-refractivity contribution < 1.29 is 4.79 Å². The molecule has 1 aliphatic rings. The maximum absolute atomic E-state index is 12.3. The van der Waals surface area contributed by atoms with E-state index in [1.165, 1.54) is 0 Å². The molecule has 6 nitrogen and oxygen atoms in total. The van der Waals surface area contributed by atoms with Gasteiger partial charge in [-0.05, 0) is 44.3 Å². The van der Waals surface area contributed by atoms with E-state index in [1.807, 2.05) is 18.2 Å². The Kier molecular flexibility index (Phi) is 6.09. The van der Waals surface area contributed by atoms with E-state index in [4.69, 9.17) is 0 Å². The minimum absolute atomic E-state index is 0.0574. The van der Waals surface area contributed by atoms with E-state index in [2.05, 4.69) is 32.1 Å². The lowest BCUT2D eigenvalue weighted by Crippen LogP contribution is -2.45. The van der Waals surface area contributed by atoms with Crippen molar-refractivity contribution in [2.24, 2.45) is 0 Å². The van der Waals surface area contributed by atoms with Gasteiger partial charge in [-0.3, -0.25) is 14.8 Å². The normalized spacial score (nSPS) is 15.9. The molecule has 25 heavy (non-hydrogen) atoms. The van der Waals surface area contributed by atoms with Crippen LogP contribution in [0, 0.1) is 0 Å². The standard InChI is InChI=1S/C19H25N5O/c1-23-11-13-24(14-12-23)10-4-8-22-19(25)16-6-9-21-18(15-16)17-5-2-3-7-20-17/h2-3,5-7,9,15H,4,8,10-14H2,1H3,(H,22,25). The van der Waals surface area contributed by atoms with Crippen molar-refractivity contribution in [3.63, 3.8) is 0 Å². The molecule has 1 saturated heterocycles. The molecular formula is C19H25N5O. The van der Waals surface area contributed by atoms with Gasteiger partial charge in [-0.15, -0.1) is 0 Å². The number of hydrogen-bond acceptors (Lipinski definition) is 5. The molecule has 6 heteroatoms. The number of amides is 1. The van der Waals surface area contributed by atoms with Crippen molar-refractivity contribution in [1.82, 2.24) is 25.1 Å². The van der Waals surface area contributed by atoms with E-state index in [0.29, 0.717) is 17.8 Å². The van der Waals surface area contributed by atoms with Crippen molar-refractivity contribution in [3.8, 4) is 11.4 Å². The number of piperazine rings is 1. The Labute approximate surface area is 148 Å². The Morgan fingerprint density at radius 2 is 1.88 bits per heavy atom. The second kappa shape index (κ2) is 8.69. The van der Waals surface area contributed by atoms with Gasteiger partial charge in [0.25, 0.3) is 5.91 Å². The van der Waals surface area contributed by atoms with Gasteiger partial charge in [0.05, 0.1) is 11.4 Å². The number of carbonyl (C=O) groups is 1. The summed E-state index contributed by atoms with van der Waals surface area (Å²) in [5, 5.41) is 3.00. The van der Waals surface area contributed by atoms with Gasteiger partial charge in [-0.2, -0.15) is 0 Å². The van der Waals surface area contributed by atoms with E-state index >= 15 is 0 Å². The predicted octanol–water partition coefficient (Wildman–Crippen LogP) is 1.51. The van der Waals surface area contributed by atoms with Gasteiger partial charge < -0.3 is 15.1 Å². The first-order valence-electron chi connectivity index (χ1n) is 8.79. The van der Waals surface area contributed by atoms with Crippen LogP contribution in [-0.4, -0.2) is 72.0 Å². The fourth-order valence-electron chi connectivity index (χ4n) is 2.90. The van der Waals surface area contributed by atoms with Crippen LogP contribution in [0.15, 0.2) is 42.7 Å². The Hall–Kier alpha value is -2.31. The molecule has 0 radical (unpaired) electrons. The van der Waals surface area contributed by atoms with Crippen LogP contribution in [0.4, 0.5) is 0 Å². The number of nitrogens with one attached hydrogen (secondary N) is 1. The van der Waals surface area contributed by atoms with Crippen LogP contribution in [0.1, 0.15) is 16.8 Å². The predicted molar refractivity (Wildman–Crippen MR) is 98.4 cm³/mol. The molecule has 1 aliphatic heterocycles. The number of pyridine rings is 2. The number of hydrogen-bond donors (Lipinski definition) is 1. The third-order valence-electron chi connectivity index (χ3n) is 4.48. The maximum atomic E-state index is 12.3.